The summed E-state index contributed by atoms with van der Waals surface area (Å²) < 4.78 is 0. The van der Waals surface area contributed by atoms with Gasteiger partial charge in [0.25, 0.3) is 0 Å². The molecule has 1 atom stereocenters. The van der Waals surface area contributed by atoms with Crippen LogP contribution in [0.4, 0.5) is 0 Å². The van der Waals surface area contributed by atoms with Crippen LogP contribution in [0.25, 0.3) is 0 Å². The second kappa shape index (κ2) is 4.64. The Kier molecular flexibility index (Phi) is 3.48. The molecule has 0 aliphatic rings. The number of terminal acetylenes is 1. The van der Waals surface area contributed by atoms with Gasteiger partial charge in [0.15, 0.2) is 0 Å². The summed E-state index contributed by atoms with van der Waals surface area (Å²) in [5.74, 6) is 2.65. The molecule has 0 saturated heterocycles. The molecule has 1 aromatic heterocycles. The Morgan fingerprint density at radius 1 is 1.69 bits per heavy atom. The molecule has 0 spiro atoms. The minimum absolute atomic E-state index is 0.242. The summed E-state index contributed by atoms with van der Waals surface area (Å²) in [7, 11) is 1.91. The molecule has 1 N–H and O–H groups in total. The van der Waals surface area contributed by atoms with Crippen LogP contribution in [0, 0.1) is 19.3 Å². The third-order valence-corrected chi connectivity index (χ3v) is 1.99. The fraction of sp³-hybridized carbons (Fsp3) is 0.364. The predicted octanol–water partition coefficient (Wildman–Crippen LogP) is 1.67. The molecular weight excluding hydrogens is 160 g/mol. The molecule has 1 heterocycles. The summed E-state index contributed by atoms with van der Waals surface area (Å²) >= 11 is 0. The monoisotopic (exact) mass is 174 g/mol. The Morgan fingerprint density at radius 2 is 2.46 bits per heavy atom. The van der Waals surface area contributed by atoms with Crippen molar-refractivity contribution in [3.8, 4) is 12.3 Å². The van der Waals surface area contributed by atoms with Crippen LogP contribution in [0.15, 0.2) is 18.3 Å². The van der Waals surface area contributed by atoms with Gasteiger partial charge in [0, 0.05) is 24.4 Å². The molecule has 0 amide bonds. The van der Waals surface area contributed by atoms with Gasteiger partial charge in [-0.3, -0.25) is 4.98 Å². The molecule has 0 aromatic carbocycles. The van der Waals surface area contributed by atoms with Crippen LogP contribution < -0.4 is 5.32 Å². The van der Waals surface area contributed by atoms with Crippen molar-refractivity contribution in [2.24, 2.45) is 0 Å². The fourth-order valence-corrected chi connectivity index (χ4v) is 1.29. The molecule has 1 rings (SSSR count). The topological polar surface area (TPSA) is 24.9 Å². The Labute approximate surface area is 79.4 Å². The van der Waals surface area contributed by atoms with Gasteiger partial charge in [-0.05, 0) is 31.7 Å². The van der Waals surface area contributed by atoms with Crippen molar-refractivity contribution in [1.82, 2.24) is 10.3 Å². The summed E-state index contributed by atoms with van der Waals surface area (Å²) in [6, 6.07) is 4.29. The van der Waals surface area contributed by atoms with E-state index >= 15 is 0 Å². The van der Waals surface area contributed by atoms with Gasteiger partial charge in [-0.1, -0.05) is 0 Å². The van der Waals surface area contributed by atoms with Crippen molar-refractivity contribution in [2.75, 3.05) is 7.05 Å². The SMILES string of the molecule is C#CCC(NC)c1ccnc(C)c1. The lowest BCUT2D eigenvalue weighted by atomic mass is 10.1. The van der Waals surface area contributed by atoms with Crippen LogP contribution in [-0.2, 0) is 0 Å². The first-order chi connectivity index (χ1) is 6.27. The third-order valence-electron chi connectivity index (χ3n) is 1.99. The third kappa shape index (κ3) is 2.57. The first-order valence-corrected chi connectivity index (χ1v) is 4.31. The Bertz CT molecular complexity index is 312. The normalized spacial score (nSPS) is 12.1. The van der Waals surface area contributed by atoms with Gasteiger partial charge < -0.3 is 5.32 Å². The number of hydrogen-bond donors (Lipinski definition) is 1. The number of nitrogens with zero attached hydrogens (tertiary/aromatic N) is 1. The number of aryl methyl sites for hydroxylation is 1. The second-order valence-corrected chi connectivity index (χ2v) is 2.98. The minimum Gasteiger partial charge on any atom is -0.312 e. The molecule has 2 nitrogen and oxygen atoms in total. The highest BCUT2D eigenvalue weighted by atomic mass is 14.9. The van der Waals surface area contributed by atoms with E-state index in [1.807, 2.05) is 26.2 Å². The number of hydrogen-bond acceptors (Lipinski definition) is 2. The van der Waals surface area contributed by atoms with Crippen LogP contribution in [0.2, 0.25) is 0 Å². The molecule has 0 aliphatic heterocycles. The molecule has 1 unspecified atom stereocenters. The van der Waals surface area contributed by atoms with Gasteiger partial charge in [-0.2, -0.15) is 0 Å². The molecule has 0 radical (unpaired) electrons. The number of aromatic nitrogens is 1. The van der Waals surface area contributed by atoms with E-state index in [0.29, 0.717) is 6.42 Å². The highest BCUT2D eigenvalue weighted by molar-refractivity contribution is 5.20. The van der Waals surface area contributed by atoms with E-state index in [0.717, 1.165) is 5.69 Å². The molecule has 68 valence electrons. The molecule has 0 saturated carbocycles. The summed E-state index contributed by atoms with van der Waals surface area (Å²) in [6.45, 7) is 1.98. The summed E-state index contributed by atoms with van der Waals surface area (Å²) in [4.78, 5) is 4.14. The zero-order chi connectivity index (χ0) is 9.68. The fourth-order valence-electron chi connectivity index (χ4n) is 1.29. The maximum atomic E-state index is 5.27. The largest absolute Gasteiger partial charge is 0.312 e. The van der Waals surface area contributed by atoms with Crippen LogP contribution in [0.5, 0.6) is 0 Å². The lowest BCUT2D eigenvalue weighted by Gasteiger charge is -2.13. The van der Waals surface area contributed by atoms with Crippen molar-refractivity contribution in [3.63, 3.8) is 0 Å². The van der Waals surface area contributed by atoms with Crippen molar-refractivity contribution in [1.29, 1.82) is 0 Å². The van der Waals surface area contributed by atoms with Crippen molar-refractivity contribution < 1.29 is 0 Å². The van der Waals surface area contributed by atoms with Gasteiger partial charge in [0.05, 0.1) is 0 Å². The maximum Gasteiger partial charge on any atom is 0.0429 e. The van der Waals surface area contributed by atoms with Crippen LogP contribution in [0.1, 0.15) is 23.7 Å². The highest BCUT2D eigenvalue weighted by Crippen LogP contribution is 2.15. The van der Waals surface area contributed by atoms with Crippen molar-refractivity contribution in [2.45, 2.75) is 19.4 Å². The number of rotatable bonds is 3. The standard InChI is InChI=1S/C11H14N2/c1-4-5-11(12-3)10-6-7-13-9(2)8-10/h1,6-8,11-12H,5H2,2-3H3. The van der Waals surface area contributed by atoms with E-state index in [2.05, 4.69) is 22.3 Å². The maximum absolute atomic E-state index is 5.27. The van der Waals surface area contributed by atoms with E-state index < -0.39 is 0 Å². The number of pyridine rings is 1. The molecule has 0 fully saturated rings. The highest BCUT2D eigenvalue weighted by Gasteiger charge is 2.06. The summed E-state index contributed by atoms with van der Waals surface area (Å²) in [6.07, 6.45) is 7.79. The van der Waals surface area contributed by atoms with E-state index in [4.69, 9.17) is 6.42 Å². The molecule has 0 aliphatic carbocycles. The van der Waals surface area contributed by atoms with E-state index in [-0.39, 0.29) is 6.04 Å². The first kappa shape index (κ1) is 9.76. The first-order valence-electron chi connectivity index (χ1n) is 4.31. The van der Waals surface area contributed by atoms with Crippen LogP contribution in [-0.4, -0.2) is 12.0 Å². The van der Waals surface area contributed by atoms with E-state index in [9.17, 15) is 0 Å². The van der Waals surface area contributed by atoms with Crippen LogP contribution >= 0.6 is 0 Å². The lowest BCUT2D eigenvalue weighted by Crippen LogP contribution is -2.15. The summed E-state index contributed by atoms with van der Waals surface area (Å²) in [5.41, 5.74) is 2.22. The van der Waals surface area contributed by atoms with Gasteiger partial charge in [-0.25, -0.2) is 0 Å². The van der Waals surface area contributed by atoms with Crippen molar-refractivity contribution in [3.05, 3.63) is 29.6 Å². The van der Waals surface area contributed by atoms with Crippen LogP contribution in [0.3, 0.4) is 0 Å². The average Bonchev–Trinajstić information content (AvgIpc) is 2.14. The second-order valence-electron chi connectivity index (χ2n) is 2.98. The number of nitrogens with one attached hydrogen (secondary N) is 1. The van der Waals surface area contributed by atoms with E-state index in [1.165, 1.54) is 5.56 Å². The van der Waals surface area contributed by atoms with Crippen molar-refractivity contribution >= 4 is 0 Å². The zero-order valence-electron chi connectivity index (χ0n) is 8.04. The van der Waals surface area contributed by atoms with Gasteiger partial charge in [0.1, 0.15) is 0 Å². The molecular formula is C11H14N2. The zero-order valence-corrected chi connectivity index (χ0v) is 8.04. The minimum atomic E-state index is 0.242. The Hall–Kier alpha value is -1.33. The van der Waals surface area contributed by atoms with E-state index in [1.54, 1.807) is 0 Å². The summed E-state index contributed by atoms with van der Waals surface area (Å²) in [5, 5.41) is 3.18. The van der Waals surface area contributed by atoms with Gasteiger partial charge >= 0.3 is 0 Å². The average molecular weight is 174 g/mol. The smallest absolute Gasteiger partial charge is 0.0429 e. The molecule has 13 heavy (non-hydrogen) atoms. The Balaban J connectivity index is 2.86. The van der Waals surface area contributed by atoms with Gasteiger partial charge in [-0.15, -0.1) is 12.3 Å². The molecule has 0 bridgehead atoms. The van der Waals surface area contributed by atoms with Gasteiger partial charge in [0.2, 0.25) is 0 Å². The predicted molar refractivity (Wildman–Crippen MR) is 54.2 cm³/mol. The molecule has 2 heteroatoms. The quantitative estimate of drug-likeness (QED) is 0.705. The lowest BCUT2D eigenvalue weighted by molar-refractivity contribution is 0.610. The molecule has 1 aromatic rings. The Morgan fingerprint density at radius 3 is 3.00 bits per heavy atom.